The van der Waals surface area contributed by atoms with E-state index >= 15 is 0 Å². The van der Waals surface area contributed by atoms with Crippen molar-refractivity contribution in [2.45, 2.75) is 0 Å². The van der Waals surface area contributed by atoms with E-state index in [2.05, 4.69) is 185 Å². The molecule has 0 aliphatic carbocycles. The number of hydrogen-bond donors (Lipinski definition) is 0. The molecular weight excluding hydrogens is 755 g/mol. The molecule has 14 rings (SSSR count). The van der Waals surface area contributed by atoms with Crippen LogP contribution in [0.25, 0.3) is 132 Å². The van der Waals surface area contributed by atoms with Crippen molar-refractivity contribution in [1.29, 1.82) is 0 Å². The second-order valence-corrected chi connectivity index (χ2v) is 16.3. The summed E-state index contributed by atoms with van der Waals surface area (Å²) in [6, 6.07) is 70.0. The van der Waals surface area contributed by atoms with E-state index in [9.17, 15) is 0 Å². The van der Waals surface area contributed by atoms with Crippen LogP contribution in [0, 0.1) is 0 Å². The molecule has 10 aromatic carbocycles. The van der Waals surface area contributed by atoms with Gasteiger partial charge in [0.2, 0.25) is 5.95 Å². The molecule has 0 aliphatic rings. The van der Waals surface area contributed by atoms with Crippen LogP contribution in [0.3, 0.4) is 0 Å². The molecule has 0 radical (unpaired) electrons. The van der Waals surface area contributed by atoms with Crippen LogP contribution in [-0.4, -0.2) is 24.1 Å². The zero-order valence-electron chi connectivity index (χ0n) is 33.3. The summed E-state index contributed by atoms with van der Waals surface area (Å²) in [6.45, 7) is 0. The summed E-state index contributed by atoms with van der Waals surface area (Å²) in [4.78, 5) is 15.6. The lowest BCUT2D eigenvalue weighted by Crippen LogP contribution is -2.04. The highest BCUT2D eigenvalue weighted by molar-refractivity contribution is 6.41. The first-order valence-corrected chi connectivity index (χ1v) is 21.1. The molecule has 5 heteroatoms. The van der Waals surface area contributed by atoms with Crippen LogP contribution in [0.4, 0.5) is 0 Å². The fraction of sp³-hybridized carbons (Fsp3) is 0. The van der Waals surface area contributed by atoms with Gasteiger partial charge in [-0.25, -0.2) is 9.97 Å². The van der Waals surface area contributed by atoms with Gasteiger partial charge in [0, 0.05) is 39.0 Å². The van der Waals surface area contributed by atoms with Crippen molar-refractivity contribution in [3.8, 4) is 34.0 Å². The third-order valence-corrected chi connectivity index (χ3v) is 13.1. The molecule has 5 nitrogen and oxygen atoms in total. The predicted octanol–water partition coefficient (Wildman–Crippen LogP) is 14.6. The maximum Gasteiger partial charge on any atom is 0.235 e. The van der Waals surface area contributed by atoms with Crippen LogP contribution >= 0.6 is 0 Å². The number of pyridine rings is 1. The minimum Gasteiger partial charge on any atom is -0.309 e. The minimum atomic E-state index is 0.613. The van der Waals surface area contributed by atoms with E-state index in [1.807, 2.05) is 24.4 Å². The normalized spacial score (nSPS) is 12.2. The Bertz CT molecular complexity index is 4130. The van der Waals surface area contributed by atoms with Crippen molar-refractivity contribution in [1.82, 2.24) is 24.1 Å². The Morgan fingerprint density at radius 3 is 1.50 bits per heavy atom. The van der Waals surface area contributed by atoms with Crippen molar-refractivity contribution in [2.75, 3.05) is 0 Å². The second kappa shape index (κ2) is 12.6. The van der Waals surface area contributed by atoms with Gasteiger partial charge < -0.3 is 4.57 Å². The SMILES string of the molecule is c1ccc(-c2ccc(-c3nc(-n4c5ccccc5c5c6cccc7c8cccc9c8c(cc8c9c9ccccc9n8-c8ccccc8)c(cc54)c76)nc4cccnc34)cc2)cc1. The molecule has 0 saturated heterocycles. The Morgan fingerprint density at radius 2 is 0.839 bits per heavy atom. The Balaban J connectivity index is 1.12. The zero-order chi connectivity index (χ0) is 40.5. The monoisotopic (exact) mass is 787 g/mol. The average molecular weight is 788 g/mol. The predicted molar refractivity (Wildman–Crippen MR) is 258 cm³/mol. The van der Waals surface area contributed by atoms with Gasteiger partial charge >= 0.3 is 0 Å². The Kier molecular flexibility index (Phi) is 6.77. The summed E-state index contributed by atoms with van der Waals surface area (Å²) in [5.41, 5.74) is 11.4. The summed E-state index contributed by atoms with van der Waals surface area (Å²) < 4.78 is 4.71. The number of hydrogen-bond acceptors (Lipinski definition) is 3. The summed E-state index contributed by atoms with van der Waals surface area (Å²) >= 11 is 0. The van der Waals surface area contributed by atoms with E-state index < -0.39 is 0 Å². The van der Waals surface area contributed by atoms with Crippen molar-refractivity contribution >= 4 is 97.7 Å². The summed E-state index contributed by atoms with van der Waals surface area (Å²) in [5.74, 6) is 0.613. The number of fused-ring (bicyclic) bond motifs is 11. The molecule has 0 aliphatic heterocycles. The number of benzene rings is 10. The maximum atomic E-state index is 5.45. The molecule has 4 heterocycles. The molecule has 0 bridgehead atoms. The van der Waals surface area contributed by atoms with E-state index in [-0.39, 0.29) is 0 Å². The van der Waals surface area contributed by atoms with Crippen molar-refractivity contribution < 1.29 is 0 Å². The summed E-state index contributed by atoms with van der Waals surface area (Å²) in [5, 5.41) is 14.9. The van der Waals surface area contributed by atoms with Gasteiger partial charge in [-0.2, -0.15) is 0 Å². The van der Waals surface area contributed by atoms with Gasteiger partial charge in [-0.3, -0.25) is 9.55 Å². The quantitative estimate of drug-likeness (QED) is 0.132. The standard InChI is InChI=1S/C57H33N5/c1-3-14-34(15-4-1)35-27-29-36(30-28-35)55-56-46(24-13-31-58-56)59-57(60-55)62-48-26-10-8-19-41(48)54-43-23-12-21-39-38-20-11-22-42-51(38)44(45(52(39)43)33-50(54)62)32-49-53(42)40-18-7-9-25-47(40)61(49)37-16-5-2-6-17-37/h1-33H. The van der Waals surface area contributed by atoms with Crippen LogP contribution in [0.5, 0.6) is 0 Å². The van der Waals surface area contributed by atoms with E-state index in [0.29, 0.717) is 5.95 Å². The molecule has 0 atom stereocenters. The molecule has 14 aromatic rings. The maximum absolute atomic E-state index is 5.45. The lowest BCUT2D eigenvalue weighted by atomic mass is 9.87. The van der Waals surface area contributed by atoms with E-state index in [4.69, 9.17) is 15.0 Å². The number of aromatic nitrogens is 5. The molecule has 0 N–H and O–H groups in total. The third kappa shape index (κ3) is 4.54. The lowest BCUT2D eigenvalue weighted by molar-refractivity contribution is 1.01. The first-order chi connectivity index (χ1) is 30.8. The van der Waals surface area contributed by atoms with Crippen LogP contribution in [0.1, 0.15) is 0 Å². The first-order valence-electron chi connectivity index (χ1n) is 21.1. The summed E-state index contributed by atoms with van der Waals surface area (Å²) in [6.07, 6.45) is 1.83. The van der Waals surface area contributed by atoms with Crippen LogP contribution < -0.4 is 0 Å². The Morgan fingerprint density at radius 1 is 0.323 bits per heavy atom. The molecule has 0 spiro atoms. The van der Waals surface area contributed by atoms with Gasteiger partial charge in [-0.05, 0) is 103 Å². The van der Waals surface area contributed by atoms with Gasteiger partial charge in [-0.15, -0.1) is 0 Å². The fourth-order valence-corrected chi connectivity index (χ4v) is 10.5. The lowest BCUT2D eigenvalue weighted by Gasteiger charge is -2.17. The Labute approximate surface area is 354 Å². The van der Waals surface area contributed by atoms with Gasteiger partial charge in [0.1, 0.15) is 11.2 Å². The molecule has 286 valence electrons. The zero-order valence-corrected chi connectivity index (χ0v) is 33.3. The summed E-state index contributed by atoms with van der Waals surface area (Å²) in [7, 11) is 0. The van der Waals surface area contributed by atoms with Gasteiger partial charge in [-0.1, -0.05) is 146 Å². The first kappa shape index (κ1) is 33.4. The molecule has 0 fully saturated rings. The van der Waals surface area contributed by atoms with Gasteiger partial charge in [0.25, 0.3) is 0 Å². The third-order valence-electron chi connectivity index (χ3n) is 13.1. The van der Waals surface area contributed by atoms with E-state index in [1.54, 1.807) is 0 Å². The fourth-order valence-electron chi connectivity index (χ4n) is 10.5. The smallest absolute Gasteiger partial charge is 0.235 e. The molecule has 0 unspecified atom stereocenters. The van der Waals surface area contributed by atoms with Crippen LogP contribution in [0.15, 0.2) is 200 Å². The molecule has 0 saturated carbocycles. The van der Waals surface area contributed by atoms with E-state index in [0.717, 1.165) is 44.6 Å². The molecule has 0 amide bonds. The van der Waals surface area contributed by atoms with E-state index in [1.165, 1.54) is 81.2 Å². The minimum absolute atomic E-state index is 0.613. The molecule has 4 aromatic heterocycles. The number of nitrogens with zero attached hydrogens (tertiary/aromatic N) is 5. The highest BCUT2D eigenvalue weighted by Gasteiger charge is 2.24. The highest BCUT2D eigenvalue weighted by atomic mass is 15.2. The average Bonchev–Trinajstić information content (AvgIpc) is 3.86. The van der Waals surface area contributed by atoms with Crippen molar-refractivity contribution in [2.24, 2.45) is 0 Å². The molecular formula is C57H33N5. The number of rotatable bonds is 4. The number of para-hydroxylation sites is 3. The topological polar surface area (TPSA) is 48.5 Å². The van der Waals surface area contributed by atoms with Crippen LogP contribution in [-0.2, 0) is 0 Å². The Hall–Kier alpha value is -8.41. The van der Waals surface area contributed by atoms with Crippen molar-refractivity contribution in [3.63, 3.8) is 0 Å². The van der Waals surface area contributed by atoms with Gasteiger partial charge in [0.05, 0.1) is 27.6 Å². The van der Waals surface area contributed by atoms with Gasteiger partial charge in [0.15, 0.2) is 0 Å². The molecule has 62 heavy (non-hydrogen) atoms. The largest absolute Gasteiger partial charge is 0.309 e. The second-order valence-electron chi connectivity index (χ2n) is 16.3. The highest BCUT2D eigenvalue weighted by Crippen LogP contribution is 2.49. The van der Waals surface area contributed by atoms with Crippen LogP contribution in [0.2, 0.25) is 0 Å². The van der Waals surface area contributed by atoms with Crippen molar-refractivity contribution in [3.05, 3.63) is 200 Å².